The summed E-state index contributed by atoms with van der Waals surface area (Å²) in [6.07, 6.45) is 14.0. The Hall–Kier alpha value is -2.93. The Labute approximate surface area is 226 Å². The minimum absolute atomic E-state index is 0.00782. The van der Waals surface area contributed by atoms with E-state index in [-0.39, 0.29) is 30.1 Å². The Kier molecular flexibility index (Phi) is 9.08. The monoisotopic (exact) mass is 523 g/mol. The van der Waals surface area contributed by atoms with Crippen LogP contribution in [0.15, 0.2) is 30.6 Å². The lowest BCUT2D eigenvalue weighted by molar-refractivity contribution is -0.134. The van der Waals surface area contributed by atoms with Crippen molar-refractivity contribution in [3.63, 3.8) is 0 Å². The second-order valence-electron chi connectivity index (χ2n) is 10.9. The Bertz CT molecular complexity index is 1110. The maximum Gasteiger partial charge on any atom is 0.311 e. The lowest BCUT2D eigenvalue weighted by atomic mass is 9.53. The molecular weight excluding hydrogens is 482 g/mol. The first-order valence-electron chi connectivity index (χ1n) is 13.9. The number of allylic oxidation sites excluding steroid dienone is 2. The van der Waals surface area contributed by atoms with Crippen LogP contribution < -0.4 is 9.47 Å². The molecule has 0 radical (unpaired) electrons. The summed E-state index contributed by atoms with van der Waals surface area (Å²) in [4.78, 5) is 40.8. The quantitative estimate of drug-likeness (QED) is 0.114. The van der Waals surface area contributed by atoms with Crippen LogP contribution in [0.1, 0.15) is 85.7 Å². The van der Waals surface area contributed by atoms with E-state index in [1.165, 1.54) is 20.6 Å². The van der Waals surface area contributed by atoms with Crippen LogP contribution in [0.4, 0.5) is 0 Å². The van der Waals surface area contributed by atoms with Crippen molar-refractivity contribution >= 4 is 18.0 Å². The van der Waals surface area contributed by atoms with Gasteiger partial charge in [-0.2, -0.15) is 0 Å². The van der Waals surface area contributed by atoms with Crippen molar-refractivity contribution in [1.29, 1.82) is 0 Å². The zero-order valence-electron chi connectivity index (χ0n) is 23.1. The van der Waals surface area contributed by atoms with E-state index in [0.717, 1.165) is 62.5 Å². The zero-order valence-corrected chi connectivity index (χ0v) is 23.1. The zero-order chi connectivity index (χ0) is 27.3. The lowest BCUT2D eigenvalue weighted by Crippen LogP contribution is -2.60. The van der Waals surface area contributed by atoms with Crippen molar-refractivity contribution in [1.82, 2.24) is 4.90 Å². The first-order valence-corrected chi connectivity index (χ1v) is 13.9. The summed E-state index contributed by atoms with van der Waals surface area (Å²) < 4.78 is 17.2. The van der Waals surface area contributed by atoms with E-state index in [1.807, 2.05) is 12.2 Å². The second kappa shape index (κ2) is 12.3. The van der Waals surface area contributed by atoms with Crippen LogP contribution in [0.3, 0.4) is 0 Å². The molecule has 3 aliphatic rings. The predicted octanol–water partition coefficient (Wildman–Crippen LogP) is 5.34. The largest absolute Gasteiger partial charge is 0.493 e. The molecule has 2 aliphatic carbocycles. The van der Waals surface area contributed by atoms with Gasteiger partial charge in [-0.05, 0) is 63.4 Å². The molecular formula is C31H41NO6. The number of likely N-dealkylation sites (tertiary alicyclic amines) is 1. The number of ether oxygens (including phenoxy) is 3. The minimum Gasteiger partial charge on any atom is -0.493 e. The fraction of sp³-hybridized carbons (Fsp3) is 0.581. The van der Waals surface area contributed by atoms with Gasteiger partial charge in [-0.1, -0.05) is 31.8 Å². The molecule has 0 N–H and O–H groups in total. The van der Waals surface area contributed by atoms with E-state index in [0.29, 0.717) is 42.1 Å². The summed E-state index contributed by atoms with van der Waals surface area (Å²) in [5, 5.41) is 0. The van der Waals surface area contributed by atoms with E-state index in [4.69, 9.17) is 14.2 Å². The van der Waals surface area contributed by atoms with Gasteiger partial charge in [0, 0.05) is 41.3 Å². The van der Waals surface area contributed by atoms with Crippen molar-refractivity contribution in [2.75, 3.05) is 27.8 Å². The summed E-state index contributed by atoms with van der Waals surface area (Å²) in [6, 6.07) is 1.78. The molecule has 7 heteroatoms. The predicted molar refractivity (Wildman–Crippen MR) is 146 cm³/mol. The fourth-order valence-electron chi connectivity index (χ4n) is 6.74. The minimum atomic E-state index is -0.586. The van der Waals surface area contributed by atoms with E-state index in [9.17, 15) is 14.4 Å². The molecule has 1 aliphatic heterocycles. The molecule has 4 rings (SSSR count). The highest BCUT2D eigenvalue weighted by Crippen LogP contribution is 2.58. The van der Waals surface area contributed by atoms with Crippen molar-refractivity contribution in [2.45, 2.75) is 82.1 Å². The number of benzene rings is 1. The Morgan fingerprint density at radius 1 is 1.16 bits per heavy atom. The summed E-state index contributed by atoms with van der Waals surface area (Å²) in [6.45, 7) is 4.56. The number of esters is 1. The molecule has 38 heavy (non-hydrogen) atoms. The van der Waals surface area contributed by atoms with Crippen molar-refractivity contribution in [3.8, 4) is 11.5 Å². The van der Waals surface area contributed by atoms with Crippen LogP contribution in [0, 0.1) is 5.92 Å². The topological polar surface area (TPSA) is 82.1 Å². The third-order valence-electron chi connectivity index (χ3n) is 8.73. The van der Waals surface area contributed by atoms with Crippen LogP contribution in [0.2, 0.25) is 0 Å². The molecule has 0 saturated carbocycles. The number of ketones is 1. The fourth-order valence-corrected chi connectivity index (χ4v) is 6.74. The van der Waals surface area contributed by atoms with Crippen LogP contribution in [0.5, 0.6) is 11.5 Å². The number of fused-ring (bicyclic) bond motifs is 1. The number of rotatable bonds is 13. The number of hydrogen-bond donors (Lipinski definition) is 0. The third-order valence-corrected chi connectivity index (χ3v) is 8.73. The van der Waals surface area contributed by atoms with E-state index >= 15 is 0 Å². The number of unbranched alkanes of at least 4 members (excludes halogenated alkanes) is 6. The van der Waals surface area contributed by atoms with Crippen molar-refractivity contribution in [3.05, 3.63) is 47.2 Å². The Balaban J connectivity index is 1.64. The van der Waals surface area contributed by atoms with Crippen molar-refractivity contribution < 1.29 is 28.6 Å². The number of likely N-dealkylation sites (N-methyl/N-ethyl adjacent to an activating group) is 1. The van der Waals surface area contributed by atoms with E-state index in [2.05, 4.69) is 18.5 Å². The van der Waals surface area contributed by atoms with Gasteiger partial charge in [0.2, 0.25) is 0 Å². The van der Waals surface area contributed by atoms with Crippen LogP contribution in [0.25, 0.3) is 0 Å². The molecule has 1 aromatic rings. The number of aldehydes is 1. The second-order valence-corrected chi connectivity index (χ2v) is 10.9. The number of carbonyl (C=O) groups excluding carboxylic acids is 3. The van der Waals surface area contributed by atoms with Gasteiger partial charge in [0.15, 0.2) is 23.0 Å². The molecule has 2 bridgehead atoms. The van der Waals surface area contributed by atoms with Crippen LogP contribution in [-0.2, 0) is 26.2 Å². The maximum atomic E-state index is 13.2. The molecule has 0 unspecified atom stereocenters. The van der Waals surface area contributed by atoms with Gasteiger partial charge < -0.3 is 19.1 Å². The van der Waals surface area contributed by atoms with Crippen LogP contribution in [-0.4, -0.2) is 56.8 Å². The number of hydrogen-bond acceptors (Lipinski definition) is 7. The van der Waals surface area contributed by atoms with Gasteiger partial charge in [0.05, 0.1) is 14.2 Å². The highest BCUT2D eigenvalue weighted by molar-refractivity contribution is 5.96. The summed E-state index contributed by atoms with van der Waals surface area (Å²) >= 11 is 0. The van der Waals surface area contributed by atoms with Gasteiger partial charge >= 0.3 is 5.97 Å². The Morgan fingerprint density at radius 2 is 1.89 bits per heavy atom. The van der Waals surface area contributed by atoms with Gasteiger partial charge in [-0.25, -0.2) is 0 Å². The smallest absolute Gasteiger partial charge is 0.311 e. The molecule has 7 nitrogen and oxygen atoms in total. The van der Waals surface area contributed by atoms with Gasteiger partial charge in [0.25, 0.3) is 0 Å². The van der Waals surface area contributed by atoms with Gasteiger partial charge in [-0.15, -0.1) is 6.58 Å². The molecule has 1 saturated heterocycles. The standard InChI is InChI=1S/C31H41NO6/c1-5-6-7-8-9-10-11-12-13-28(35)38-30-27(37-4)16-21(20-33)22-17-24-23-18-26(36-3)25(34)19-31(23,29(22)30)14-15-32(24)2/h5,16,18,20,23-24H,1,6-15,17,19H2,2-4H3/t23-,24+,31-/m1/s1. The first kappa shape index (κ1) is 28.1. The SMILES string of the molecule is C=CCCCCCCCCC(=O)Oc1c(OC)cc(C=O)c2c1[C@@]13CCN(C)[C@@H](C2)[C@H]1C=C(OC)C(=O)C3. The molecule has 1 heterocycles. The molecule has 0 amide bonds. The molecule has 0 spiro atoms. The summed E-state index contributed by atoms with van der Waals surface area (Å²) in [5.41, 5.74) is 1.60. The highest BCUT2D eigenvalue weighted by atomic mass is 16.6. The number of nitrogens with zero attached hydrogens (tertiary/aromatic N) is 1. The van der Waals surface area contributed by atoms with Gasteiger partial charge in [-0.3, -0.25) is 14.4 Å². The first-order chi connectivity index (χ1) is 18.4. The van der Waals surface area contributed by atoms with Crippen LogP contribution >= 0.6 is 0 Å². The maximum absolute atomic E-state index is 13.2. The third kappa shape index (κ3) is 5.31. The molecule has 1 fully saturated rings. The number of piperidine rings is 1. The molecule has 3 atom stereocenters. The molecule has 206 valence electrons. The number of methoxy groups -OCH3 is 2. The Morgan fingerprint density at radius 3 is 2.58 bits per heavy atom. The average molecular weight is 524 g/mol. The highest BCUT2D eigenvalue weighted by Gasteiger charge is 2.57. The molecule has 0 aromatic heterocycles. The average Bonchev–Trinajstić information content (AvgIpc) is 2.91. The lowest BCUT2D eigenvalue weighted by Gasteiger charge is -2.56. The van der Waals surface area contributed by atoms with E-state index < -0.39 is 5.41 Å². The van der Waals surface area contributed by atoms with Crippen molar-refractivity contribution in [2.24, 2.45) is 5.92 Å². The number of Topliss-reactive ketones (excluding diaryl/α,β-unsaturated/α-hetero) is 1. The summed E-state index contributed by atoms with van der Waals surface area (Å²) in [5.74, 6) is 0.732. The summed E-state index contributed by atoms with van der Waals surface area (Å²) in [7, 11) is 5.13. The molecule has 1 aromatic carbocycles. The van der Waals surface area contributed by atoms with E-state index in [1.54, 1.807) is 6.07 Å². The van der Waals surface area contributed by atoms with Gasteiger partial charge in [0.1, 0.15) is 6.29 Å². The normalized spacial score (nSPS) is 24.1. The number of carbonyl (C=O) groups is 3.